The van der Waals surface area contributed by atoms with E-state index in [4.69, 9.17) is 9.47 Å². The minimum atomic E-state index is -4.40. The Bertz CT molecular complexity index is 851. The molecule has 1 amide bonds. The van der Waals surface area contributed by atoms with E-state index in [1.165, 1.54) is 6.07 Å². The van der Waals surface area contributed by atoms with Crippen molar-refractivity contribution in [2.24, 2.45) is 0 Å². The monoisotopic (exact) mass is 437 g/mol. The normalized spacial score (nSPS) is 14.5. The van der Waals surface area contributed by atoms with Crippen LogP contribution in [0.4, 0.5) is 19.0 Å². The van der Waals surface area contributed by atoms with Gasteiger partial charge in [-0.05, 0) is 37.6 Å². The topological polar surface area (TPSA) is 54.9 Å². The van der Waals surface area contributed by atoms with Gasteiger partial charge in [0.15, 0.2) is 11.5 Å². The average molecular weight is 437 g/mol. The number of pyridine rings is 1. The Morgan fingerprint density at radius 1 is 1.03 bits per heavy atom. The van der Waals surface area contributed by atoms with Crippen LogP contribution in [0.25, 0.3) is 0 Å². The second-order valence-electron chi connectivity index (χ2n) is 7.10. The molecule has 0 spiro atoms. The van der Waals surface area contributed by atoms with Crippen LogP contribution in [-0.4, -0.2) is 55.2 Å². The zero-order valence-corrected chi connectivity index (χ0v) is 17.4. The number of piperazine rings is 1. The lowest BCUT2D eigenvalue weighted by Gasteiger charge is -2.35. The smallest absolute Gasteiger partial charge is 0.417 e. The Morgan fingerprint density at radius 2 is 1.71 bits per heavy atom. The molecule has 31 heavy (non-hydrogen) atoms. The lowest BCUT2D eigenvalue weighted by Crippen LogP contribution is -2.49. The molecule has 0 atom stereocenters. The van der Waals surface area contributed by atoms with E-state index in [0.717, 1.165) is 12.3 Å². The number of para-hydroxylation sites is 2. The number of ether oxygens (including phenoxy) is 2. The highest BCUT2D eigenvalue weighted by atomic mass is 19.4. The molecular formula is C22H26F3N3O3. The van der Waals surface area contributed by atoms with Crippen molar-refractivity contribution in [1.82, 2.24) is 9.88 Å². The van der Waals surface area contributed by atoms with Crippen molar-refractivity contribution < 1.29 is 27.4 Å². The van der Waals surface area contributed by atoms with Crippen molar-refractivity contribution >= 4 is 11.7 Å². The quantitative estimate of drug-likeness (QED) is 0.585. The maximum absolute atomic E-state index is 12.7. The molecule has 0 bridgehead atoms. The molecule has 168 valence electrons. The summed E-state index contributed by atoms with van der Waals surface area (Å²) in [6, 6.07) is 9.83. The van der Waals surface area contributed by atoms with Gasteiger partial charge in [0.2, 0.25) is 5.91 Å². The summed E-state index contributed by atoms with van der Waals surface area (Å²) in [5.41, 5.74) is -0.767. The van der Waals surface area contributed by atoms with Gasteiger partial charge in [0.05, 0.1) is 18.8 Å². The van der Waals surface area contributed by atoms with E-state index < -0.39 is 11.7 Å². The summed E-state index contributed by atoms with van der Waals surface area (Å²) in [7, 11) is 0. The van der Waals surface area contributed by atoms with Crippen LogP contribution in [0.5, 0.6) is 11.5 Å². The fourth-order valence-electron chi connectivity index (χ4n) is 3.33. The summed E-state index contributed by atoms with van der Waals surface area (Å²) < 4.78 is 49.3. The molecule has 0 aliphatic carbocycles. The van der Waals surface area contributed by atoms with Gasteiger partial charge in [-0.2, -0.15) is 13.2 Å². The zero-order valence-electron chi connectivity index (χ0n) is 17.4. The van der Waals surface area contributed by atoms with E-state index in [9.17, 15) is 18.0 Å². The molecular weight excluding hydrogens is 411 g/mol. The molecule has 1 saturated heterocycles. The van der Waals surface area contributed by atoms with Crippen LogP contribution < -0.4 is 14.4 Å². The van der Waals surface area contributed by atoms with Crippen molar-refractivity contribution in [2.45, 2.75) is 25.9 Å². The molecule has 0 unspecified atom stereocenters. The molecule has 9 heteroatoms. The van der Waals surface area contributed by atoms with Crippen molar-refractivity contribution in [3.8, 4) is 11.5 Å². The Hall–Kier alpha value is -2.97. The first-order valence-electron chi connectivity index (χ1n) is 10.3. The van der Waals surface area contributed by atoms with Crippen molar-refractivity contribution in [1.29, 1.82) is 0 Å². The van der Waals surface area contributed by atoms with Gasteiger partial charge in [0.25, 0.3) is 0 Å². The number of hydrogen-bond donors (Lipinski definition) is 0. The van der Waals surface area contributed by atoms with Crippen LogP contribution in [0.15, 0.2) is 42.6 Å². The number of benzene rings is 1. The Labute approximate surface area is 179 Å². The fraction of sp³-hybridized carbons (Fsp3) is 0.455. The third-order valence-electron chi connectivity index (χ3n) is 4.97. The summed E-state index contributed by atoms with van der Waals surface area (Å²) in [6.07, 6.45) is -2.60. The summed E-state index contributed by atoms with van der Waals surface area (Å²) in [5, 5.41) is 0. The number of carbonyl (C=O) groups excluding carboxylic acids is 1. The number of aromatic nitrogens is 1. The standard InChI is InChI=1S/C22H26F3N3O3/c1-2-30-18-6-3-4-7-19(18)31-15-5-8-21(29)28-13-11-27(12-14-28)20-10-9-17(16-26-20)22(23,24)25/h3-4,6-7,9-10,16H,2,5,8,11-15H2,1H3. The van der Waals surface area contributed by atoms with Gasteiger partial charge >= 0.3 is 6.18 Å². The molecule has 0 saturated carbocycles. The first kappa shape index (κ1) is 22.7. The molecule has 3 rings (SSSR count). The number of anilines is 1. The van der Waals surface area contributed by atoms with Crippen molar-refractivity contribution in [3.63, 3.8) is 0 Å². The van der Waals surface area contributed by atoms with E-state index in [2.05, 4.69) is 4.98 Å². The number of nitrogens with zero attached hydrogens (tertiary/aromatic N) is 3. The van der Waals surface area contributed by atoms with Gasteiger partial charge in [-0.3, -0.25) is 4.79 Å². The number of carbonyl (C=O) groups is 1. The molecule has 1 aliphatic heterocycles. The SMILES string of the molecule is CCOc1ccccc1OCCCC(=O)N1CCN(c2ccc(C(F)(F)F)cn2)CC1. The van der Waals surface area contributed by atoms with E-state index in [1.54, 1.807) is 4.90 Å². The van der Waals surface area contributed by atoms with Gasteiger partial charge in [-0.25, -0.2) is 4.98 Å². The van der Waals surface area contributed by atoms with E-state index >= 15 is 0 Å². The molecule has 1 aromatic carbocycles. The lowest BCUT2D eigenvalue weighted by atomic mass is 10.2. The lowest BCUT2D eigenvalue weighted by molar-refractivity contribution is -0.138. The first-order chi connectivity index (χ1) is 14.9. The second-order valence-corrected chi connectivity index (χ2v) is 7.10. The van der Waals surface area contributed by atoms with Crippen molar-refractivity contribution in [3.05, 3.63) is 48.2 Å². The maximum atomic E-state index is 12.7. The maximum Gasteiger partial charge on any atom is 0.417 e. The van der Waals surface area contributed by atoms with Gasteiger partial charge in [0.1, 0.15) is 5.82 Å². The van der Waals surface area contributed by atoms with Crippen LogP contribution in [0.1, 0.15) is 25.3 Å². The molecule has 1 aromatic heterocycles. The molecule has 1 aliphatic rings. The van der Waals surface area contributed by atoms with Crippen LogP contribution in [0.2, 0.25) is 0 Å². The highest BCUT2D eigenvalue weighted by molar-refractivity contribution is 5.76. The average Bonchev–Trinajstić information content (AvgIpc) is 2.77. The molecule has 2 aromatic rings. The van der Waals surface area contributed by atoms with Crippen molar-refractivity contribution in [2.75, 3.05) is 44.3 Å². The molecule has 0 N–H and O–H groups in total. The number of amides is 1. The molecule has 0 radical (unpaired) electrons. The van der Waals surface area contributed by atoms with Gasteiger partial charge < -0.3 is 19.3 Å². The number of alkyl halides is 3. The first-order valence-corrected chi connectivity index (χ1v) is 10.3. The van der Waals surface area contributed by atoms with E-state index in [1.807, 2.05) is 36.1 Å². The predicted molar refractivity (Wildman–Crippen MR) is 110 cm³/mol. The highest BCUT2D eigenvalue weighted by Gasteiger charge is 2.31. The summed E-state index contributed by atoms with van der Waals surface area (Å²) in [5.74, 6) is 1.88. The van der Waals surface area contributed by atoms with Gasteiger partial charge in [-0.1, -0.05) is 12.1 Å². The van der Waals surface area contributed by atoms with E-state index in [-0.39, 0.29) is 5.91 Å². The van der Waals surface area contributed by atoms with Gasteiger partial charge in [0, 0.05) is 38.8 Å². The highest BCUT2D eigenvalue weighted by Crippen LogP contribution is 2.29. The summed E-state index contributed by atoms with van der Waals surface area (Å²) >= 11 is 0. The minimum absolute atomic E-state index is 0.0433. The third-order valence-corrected chi connectivity index (χ3v) is 4.97. The Kier molecular flexibility index (Phi) is 7.59. The van der Waals surface area contributed by atoms with Crippen LogP contribution >= 0.6 is 0 Å². The Morgan fingerprint density at radius 3 is 2.29 bits per heavy atom. The third kappa shape index (κ3) is 6.26. The molecule has 2 heterocycles. The minimum Gasteiger partial charge on any atom is -0.490 e. The largest absolute Gasteiger partial charge is 0.490 e. The van der Waals surface area contributed by atoms with E-state index in [0.29, 0.717) is 69.6 Å². The molecule has 1 fully saturated rings. The fourth-order valence-corrected chi connectivity index (χ4v) is 3.33. The summed E-state index contributed by atoms with van der Waals surface area (Å²) in [6.45, 7) is 4.94. The predicted octanol–water partition coefficient (Wildman–Crippen LogP) is 4.01. The van der Waals surface area contributed by atoms with Crippen LogP contribution in [-0.2, 0) is 11.0 Å². The van der Waals surface area contributed by atoms with Crippen LogP contribution in [0, 0.1) is 0 Å². The van der Waals surface area contributed by atoms with Crippen LogP contribution in [0.3, 0.4) is 0 Å². The summed E-state index contributed by atoms with van der Waals surface area (Å²) in [4.78, 5) is 20.0. The number of halogens is 3. The number of hydrogen-bond acceptors (Lipinski definition) is 5. The second kappa shape index (κ2) is 10.4. The Balaban J connectivity index is 1.40. The zero-order chi connectivity index (χ0) is 22.3. The number of rotatable bonds is 8. The van der Waals surface area contributed by atoms with Gasteiger partial charge in [-0.15, -0.1) is 0 Å². The molecule has 6 nitrogen and oxygen atoms in total.